The number of rotatable bonds is 1. The Morgan fingerprint density at radius 3 is 3.07 bits per heavy atom. The Morgan fingerprint density at radius 1 is 1.53 bits per heavy atom. The maximum absolute atomic E-state index is 11.3. The maximum atomic E-state index is 11.3. The van der Waals surface area contributed by atoms with Gasteiger partial charge in [0.2, 0.25) is 0 Å². The van der Waals surface area contributed by atoms with Gasteiger partial charge in [0.05, 0.1) is 12.7 Å². The number of hydrogen-bond acceptors (Lipinski definition) is 3. The molecule has 1 aromatic carbocycles. The number of halogens is 1. The number of carbonyl (C=O) groups is 1. The van der Waals surface area contributed by atoms with E-state index in [0.29, 0.717) is 5.57 Å². The molecule has 0 spiro atoms. The Bertz CT molecular complexity index is 437. The highest BCUT2D eigenvalue weighted by Crippen LogP contribution is 2.29. The van der Waals surface area contributed by atoms with Gasteiger partial charge < -0.3 is 9.47 Å². The van der Waals surface area contributed by atoms with Gasteiger partial charge in [-0.05, 0) is 18.2 Å². The van der Waals surface area contributed by atoms with Gasteiger partial charge in [-0.3, -0.25) is 0 Å². The second kappa shape index (κ2) is 4.06. The Hall–Kier alpha value is -1.29. The van der Waals surface area contributed by atoms with E-state index in [9.17, 15) is 4.79 Å². The summed E-state index contributed by atoms with van der Waals surface area (Å²) in [5.41, 5.74) is 1.43. The van der Waals surface area contributed by atoms with Crippen LogP contribution in [0.25, 0.3) is 6.08 Å². The fraction of sp³-hybridized carbons (Fsp3) is 0.182. The quantitative estimate of drug-likeness (QED) is 0.734. The first-order valence-electron chi connectivity index (χ1n) is 4.42. The van der Waals surface area contributed by atoms with Crippen molar-refractivity contribution in [3.63, 3.8) is 0 Å². The van der Waals surface area contributed by atoms with Gasteiger partial charge in [-0.15, -0.1) is 0 Å². The van der Waals surface area contributed by atoms with E-state index >= 15 is 0 Å². The Morgan fingerprint density at radius 2 is 2.33 bits per heavy atom. The second-order valence-electron chi connectivity index (χ2n) is 3.13. The average molecular weight is 269 g/mol. The smallest absolute Gasteiger partial charge is 0.337 e. The number of hydrogen-bond donors (Lipinski definition) is 0. The Labute approximate surface area is 95.8 Å². The third kappa shape index (κ3) is 2.04. The minimum absolute atomic E-state index is 0.260. The van der Waals surface area contributed by atoms with Crippen molar-refractivity contribution < 1.29 is 14.3 Å². The molecule has 0 radical (unpaired) electrons. The highest BCUT2D eigenvalue weighted by molar-refractivity contribution is 9.10. The molecule has 1 aliphatic rings. The summed E-state index contributed by atoms with van der Waals surface area (Å²) in [6.45, 7) is 0.260. The van der Waals surface area contributed by atoms with E-state index in [-0.39, 0.29) is 12.6 Å². The van der Waals surface area contributed by atoms with Crippen molar-refractivity contribution in [3.8, 4) is 5.75 Å². The zero-order chi connectivity index (χ0) is 10.8. The zero-order valence-corrected chi connectivity index (χ0v) is 9.71. The molecule has 78 valence electrons. The average Bonchev–Trinajstić information content (AvgIpc) is 2.27. The van der Waals surface area contributed by atoms with Crippen LogP contribution in [-0.2, 0) is 9.53 Å². The number of benzene rings is 1. The first-order valence-corrected chi connectivity index (χ1v) is 5.21. The van der Waals surface area contributed by atoms with E-state index in [1.54, 1.807) is 6.08 Å². The molecule has 4 heteroatoms. The van der Waals surface area contributed by atoms with Crippen molar-refractivity contribution in [2.75, 3.05) is 13.7 Å². The number of methoxy groups -OCH3 is 1. The Kier molecular flexibility index (Phi) is 2.77. The molecule has 0 unspecified atom stereocenters. The van der Waals surface area contributed by atoms with Crippen LogP contribution in [0.15, 0.2) is 28.2 Å². The highest BCUT2D eigenvalue weighted by atomic mass is 79.9. The van der Waals surface area contributed by atoms with Crippen LogP contribution in [0.5, 0.6) is 5.75 Å². The molecular formula is C11H9BrO3. The summed E-state index contributed by atoms with van der Waals surface area (Å²) < 4.78 is 11.0. The van der Waals surface area contributed by atoms with Crippen molar-refractivity contribution >= 4 is 28.0 Å². The number of esters is 1. The zero-order valence-electron chi connectivity index (χ0n) is 8.12. The van der Waals surface area contributed by atoms with Crippen LogP contribution >= 0.6 is 15.9 Å². The van der Waals surface area contributed by atoms with E-state index in [1.807, 2.05) is 18.2 Å². The van der Waals surface area contributed by atoms with Crippen LogP contribution < -0.4 is 4.74 Å². The van der Waals surface area contributed by atoms with Crippen molar-refractivity contribution in [3.05, 3.63) is 33.8 Å². The molecule has 0 fully saturated rings. The number of carbonyl (C=O) groups excluding carboxylic acids is 1. The SMILES string of the molecule is COC(=O)C1=Cc2ccc(Br)cc2OC1. The molecule has 1 heterocycles. The molecule has 2 rings (SSSR count). The molecule has 0 N–H and O–H groups in total. The van der Waals surface area contributed by atoms with Crippen LogP contribution in [0.3, 0.4) is 0 Å². The summed E-state index contributed by atoms with van der Waals surface area (Å²) in [4.78, 5) is 11.3. The molecule has 0 aromatic heterocycles. The summed E-state index contributed by atoms with van der Waals surface area (Å²) in [5.74, 6) is 0.431. The largest absolute Gasteiger partial charge is 0.488 e. The lowest BCUT2D eigenvalue weighted by Crippen LogP contribution is -2.15. The number of ether oxygens (including phenoxy) is 2. The molecule has 1 aliphatic heterocycles. The van der Waals surface area contributed by atoms with Gasteiger partial charge in [0.1, 0.15) is 12.4 Å². The summed E-state index contributed by atoms with van der Waals surface area (Å²) in [6, 6.07) is 5.67. The fourth-order valence-corrected chi connectivity index (χ4v) is 1.73. The van der Waals surface area contributed by atoms with Gasteiger partial charge in [-0.25, -0.2) is 4.79 Å². The van der Waals surface area contributed by atoms with Gasteiger partial charge in [0.25, 0.3) is 0 Å². The monoisotopic (exact) mass is 268 g/mol. The molecular weight excluding hydrogens is 260 g/mol. The number of fused-ring (bicyclic) bond motifs is 1. The van der Waals surface area contributed by atoms with E-state index < -0.39 is 0 Å². The summed E-state index contributed by atoms with van der Waals surface area (Å²) in [5, 5.41) is 0. The van der Waals surface area contributed by atoms with Crippen LogP contribution in [0.4, 0.5) is 0 Å². The molecule has 3 nitrogen and oxygen atoms in total. The molecule has 0 bridgehead atoms. The van der Waals surface area contributed by atoms with Crippen molar-refractivity contribution in [1.82, 2.24) is 0 Å². The molecule has 0 saturated heterocycles. The highest BCUT2D eigenvalue weighted by Gasteiger charge is 2.17. The topological polar surface area (TPSA) is 35.5 Å². The van der Waals surface area contributed by atoms with Crippen LogP contribution in [0.1, 0.15) is 5.56 Å². The lowest BCUT2D eigenvalue weighted by molar-refractivity contribution is -0.136. The van der Waals surface area contributed by atoms with E-state index in [4.69, 9.17) is 4.74 Å². The molecule has 0 amide bonds. The van der Waals surface area contributed by atoms with Crippen molar-refractivity contribution in [1.29, 1.82) is 0 Å². The van der Waals surface area contributed by atoms with Gasteiger partial charge in [-0.2, -0.15) is 0 Å². The summed E-state index contributed by atoms with van der Waals surface area (Å²) in [6.07, 6.45) is 1.79. The van der Waals surface area contributed by atoms with Crippen LogP contribution in [0, 0.1) is 0 Å². The maximum Gasteiger partial charge on any atom is 0.337 e. The summed E-state index contributed by atoms with van der Waals surface area (Å²) in [7, 11) is 1.36. The third-order valence-corrected chi connectivity index (χ3v) is 2.63. The van der Waals surface area contributed by atoms with E-state index in [2.05, 4.69) is 20.7 Å². The molecule has 0 atom stereocenters. The molecule has 15 heavy (non-hydrogen) atoms. The minimum Gasteiger partial charge on any atom is -0.488 e. The second-order valence-corrected chi connectivity index (χ2v) is 4.05. The predicted molar refractivity (Wildman–Crippen MR) is 59.6 cm³/mol. The van der Waals surface area contributed by atoms with Gasteiger partial charge in [0, 0.05) is 10.0 Å². The molecule has 1 aromatic rings. The lowest BCUT2D eigenvalue weighted by Gasteiger charge is -2.16. The minimum atomic E-state index is -0.344. The third-order valence-electron chi connectivity index (χ3n) is 2.14. The van der Waals surface area contributed by atoms with Crippen LogP contribution in [-0.4, -0.2) is 19.7 Å². The Balaban J connectivity index is 2.37. The van der Waals surface area contributed by atoms with Gasteiger partial charge >= 0.3 is 5.97 Å². The standard InChI is InChI=1S/C11H9BrO3/c1-14-11(13)8-4-7-2-3-9(12)5-10(7)15-6-8/h2-5H,6H2,1H3. The first kappa shape index (κ1) is 10.2. The van der Waals surface area contributed by atoms with Crippen molar-refractivity contribution in [2.24, 2.45) is 0 Å². The van der Waals surface area contributed by atoms with Gasteiger partial charge in [0.15, 0.2) is 0 Å². The molecule has 0 saturated carbocycles. The predicted octanol–water partition coefficient (Wildman–Crippen LogP) is 2.40. The van der Waals surface area contributed by atoms with E-state index in [0.717, 1.165) is 15.8 Å². The fourth-order valence-electron chi connectivity index (χ4n) is 1.39. The van der Waals surface area contributed by atoms with Crippen LogP contribution in [0.2, 0.25) is 0 Å². The van der Waals surface area contributed by atoms with Gasteiger partial charge in [-0.1, -0.05) is 22.0 Å². The first-order chi connectivity index (χ1) is 7.20. The normalized spacial score (nSPS) is 13.6. The lowest BCUT2D eigenvalue weighted by atomic mass is 10.1. The van der Waals surface area contributed by atoms with Crippen molar-refractivity contribution in [2.45, 2.75) is 0 Å². The van der Waals surface area contributed by atoms with E-state index in [1.165, 1.54) is 7.11 Å². The molecule has 0 aliphatic carbocycles. The summed E-state index contributed by atoms with van der Waals surface area (Å²) >= 11 is 3.36.